The Morgan fingerprint density at radius 3 is 2.75 bits per heavy atom. The lowest BCUT2D eigenvalue weighted by Crippen LogP contribution is -1.64. The van der Waals surface area contributed by atoms with Crippen molar-refractivity contribution in [2.24, 2.45) is 0 Å². The Bertz CT molecular complexity index is 350. The van der Waals surface area contributed by atoms with Gasteiger partial charge < -0.3 is 4.42 Å². The summed E-state index contributed by atoms with van der Waals surface area (Å²) in [5.41, 5.74) is 1.12. The van der Waals surface area contributed by atoms with Crippen molar-refractivity contribution in [2.45, 2.75) is 13.8 Å². The van der Waals surface area contributed by atoms with Crippen molar-refractivity contribution in [1.82, 2.24) is 4.98 Å². The zero-order valence-electron chi connectivity index (χ0n) is 7.00. The maximum Gasteiger partial charge on any atom is 0.191 e. The minimum absolute atomic E-state index is 0.717. The Kier molecular flexibility index (Phi) is 1.73. The first-order valence-corrected chi connectivity index (χ1v) is 4.61. The largest absolute Gasteiger partial charge is 0.441 e. The van der Waals surface area contributed by atoms with E-state index in [0.717, 1.165) is 11.3 Å². The lowest BCUT2D eigenvalue weighted by molar-refractivity contribution is 0.534. The van der Waals surface area contributed by atoms with Gasteiger partial charge in [0.2, 0.25) is 0 Å². The average Bonchev–Trinajstić information content (AvgIpc) is 2.58. The van der Waals surface area contributed by atoms with Crippen LogP contribution in [0.3, 0.4) is 0 Å². The summed E-state index contributed by atoms with van der Waals surface area (Å²) >= 11 is 1.72. The zero-order chi connectivity index (χ0) is 8.55. The first-order chi connectivity index (χ1) is 5.75. The Morgan fingerprint density at radius 1 is 1.42 bits per heavy atom. The normalized spacial score (nSPS) is 10.5. The highest BCUT2D eigenvalue weighted by Crippen LogP contribution is 2.25. The van der Waals surface area contributed by atoms with Gasteiger partial charge in [-0.25, -0.2) is 4.98 Å². The van der Waals surface area contributed by atoms with Crippen LogP contribution in [-0.2, 0) is 0 Å². The molecule has 0 fully saturated rings. The van der Waals surface area contributed by atoms with Gasteiger partial charge in [0, 0.05) is 22.7 Å². The van der Waals surface area contributed by atoms with Crippen LogP contribution in [0.4, 0.5) is 0 Å². The standard InChI is InChI=1S/C9H9NOS/c1-6-3-8(5-12-6)9-4-10-7(2)11-9/h3-5H,1-2H3. The molecule has 2 heterocycles. The van der Waals surface area contributed by atoms with Crippen molar-refractivity contribution < 1.29 is 4.42 Å². The summed E-state index contributed by atoms with van der Waals surface area (Å²) in [6.45, 7) is 3.93. The number of hydrogen-bond donors (Lipinski definition) is 0. The minimum atomic E-state index is 0.717. The predicted octanol–water partition coefficient (Wildman–Crippen LogP) is 3.02. The second kappa shape index (κ2) is 2.75. The second-order valence-corrected chi connectivity index (χ2v) is 3.80. The van der Waals surface area contributed by atoms with E-state index >= 15 is 0 Å². The molecule has 0 N–H and O–H groups in total. The fourth-order valence-electron chi connectivity index (χ4n) is 1.07. The molecule has 2 rings (SSSR count). The van der Waals surface area contributed by atoms with E-state index in [9.17, 15) is 0 Å². The number of thiophene rings is 1. The fraction of sp³-hybridized carbons (Fsp3) is 0.222. The van der Waals surface area contributed by atoms with Gasteiger partial charge in [0.25, 0.3) is 0 Å². The van der Waals surface area contributed by atoms with Gasteiger partial charge in [-0.3, -0.25) is 0 Å². The van der Waals surface area contributed by atoms with Crippen molar-refractivity contribution in [3.05, 3.63) is 28.4 Å². The van der Waals surface area contributed by atoms with Crippen LogP contribution >= 0.6 is 11.3 Å². The molecule has 0 aliphatic heterocycles. The maximum absolute atomic E-state index is 5.38. The number of hydrogen-bond acceptors (Lipinski definition) is 3. The van der Waals surface area contributed by atoms with Gasteiger partial charge in [0.1, 0.15) is 0 Å². The molecule has 0 aromatic carbocycles. The molecule has 0 radical (unpaired) electrons. The molecule has 0 aliphatic rings. The molecule has 0 saturated heterocycles. The third-order valence-corrected chi connectivity index (χ3v) is 2.50. The molecule has 0 spiro atoms. The Hall–Kier alpha value is -1.09. The summed E-state index contributed by atoms with van der Waals surface area (Å²) in [5, 5.41) is 2.08. The monoisotopic (exact) mass is 179 g/mol. The highest BCUT2D eigenvalue weighted by atomic mass is 32.1. The molecule has 2 nitrogen and oxygen atoms in total. The van der Waals surface area contributed by atoms with Crippen LogP contribution in [0.15, 0.2) is 22.1 Å². The van der Waals surface area contributed by atoms with E-state index in [0.29, 0.717) is 5.89 Å². The number of nitrogens with zero attached hydrogens (tertiary/aromatic N) is 1. The smallest absolute Gasteiger partial charge is 0.191 e. The molecule has 2 aromatic heterocycles. The molecule has 0 saturated carbocycles. The Morgan fingerprint density at radius 2 is 2.25 bits per heavy atom. The van der Waals surface area contributed by atoms with Gasteiger partial charge in [0.05, 0.1) is 6.20 Å². The molecule has 3 heteroatoms. The third-order valence-electron chi connectivity index (χ3n) is 1.64. The average molecular weight is 179 g/mol. The minimum Gasteiger partial charge on any atom is -0.441 e. The molecule has 0 bridgehead atoms. The quantitative estimate of drug-likeness (QED) is 0.672. The molecule has 0 atom stereocenters. The summed E-state index contributed by atoms with van der Waals surface area (Å²) in [6.07, 6.45) is 1.76. The van der Waals surface area contributed by atoms with Crippen molar-refractivity contribution in [1.29, 1.82) is 0 Å². The SMILES string of the molecule is Cc1ncc(-c2csc(C)c2)o1. The molecular formula is C9H9NOS. The van der Waals surface area contributed by atoms with Gasteiger partial charge in [0.15, 0.2) is 11.7 Å². The Labute approximate surface area is 74.9 Å². The van der Waals surface area contributed by atoms with Gasteiger partial charge in [-0.15, -0.1) is 11.3 Å². The fourth-order valence-corrected chi connectivity index (χ4v) is 1.76. The Balaban J connectivity index is 2.43. The summed E-state index contributed by atoms with van der Waals surface area (Å²) in [4.78, 5) is 5.33. The molecule has 0 aliphatic carbocycles. The highest BCUT2D eigenvalue weighted by molar-refractivity contribution is 7.10. The van der Waals surface area contributed by atoms with Crippen LogP contribution in [0.5, 0.6) is 0 Å². The van der Waals surface area contributed by atoms with Crippen molar-refractivity contribution in [3.8, 4) is 11.3 Å². The molecule has 2 aromatic rings. The van der Waals surface area contributed by atoms with Gasteiger partial charge in [-0.05, 0) is 13.0 Å². The maximum atomic E-state index is 5.38. The van der Waals surface area contributed by atoms with Crippen molar-refractivity contribution in [2.75, 3.05) is 0 Å². The van der Waals surface area contributed by atoms with Gasteiger partial charge >= 0.3 is 0 Å². The van der Waals surface area contributed by atoms with Crippen LogP contribution < -0.4 is 0 Å². The van der Waals surface area contributed by atoms with Gasteiger partial charge in [-0.2, -0.15) is 0 Å². The molecule has 0 amide bonds. The van der Waals surface area contributed by atoms with E-state index in [2.05, 4.69) is 23.4 Å². The summed E-state index contributed by atoms with van der Waals surface area (Å²) < 4.78 is 5.38. The van der Waals surface area contributed by atoms with Gasteiger partial charge in [-0.1, -0.05) is 0 Å². The lowest BCUT2D eigenvalue weighted by Gasteiger charge is -1.86. The van der Waals surface area contributed by atoms with Crippen LogP contribution in [-0.4, -0.2) is 4.98 Å². The topological polar surface area (TPSA) is 26.0 Å². The van der Waals surface area contributed by atoms with Crippen molar-refractivity contribution in [3.63, 3.8) is 0 Å². The van der Waals surface area contributed by atoms with Crippen LogP contribution in [0.2, 0.25) is 0 Å². The first-order valence-electron chi connectivity index (χ1n) is 3.73. The number of rotatable bonds is 1. The zero-order valence-corrected chi connectivity index (χ0v) is 7.81. The van der Waals surface area contributed by atoms with E-state index in [1.165, 1.54) is 4.88 Å². The van der Waals surface area contributed by atoms with E-state index < -0.39 is 0 Å². The predicted molar refractivity (Wildman–Crippen MR) is 49.3 cm³/mol. The number of oxazole rings is 1. The van der Waals surface area contributed by atoms with E-state index in [-0.39, 0.29) is 0 Å². The van der Waals surface area contributed by atoms with E-state index in [1.54, 1.807) is 17.5 Å². The lowest BCUT2D eigenvalue weighted by atomic mass is 10.3. The first kappa shape index (κ1) is 7.55. The second-order valence-electron chi connectivity index (χ2n) is 2.69. The molecule has 12 heavy (non-hydrogen) atoms. The molecular weight excluding hydrogens is 170 g/mol. The van der Waals surface area contributed by atoms with E-state index in [1.807, 2.05) is 6.92 Å². The molecule has 0 unspecified atom stereocenters. The summed E-state index contributed by atoms with van der Waals surface area (Å²) in [7, 11) is 0. The van der Waals surface area contributed by atoms with Crippen LogP contribution in [0, 0.1) is 13.8 Å². The third kappa shape index (κ3) is 1.28. The number of aromatic nitrogens is 1. The summed E-state index contributed by atoms with van der Waals surface area (Å²) in [6, 6.07) is 2.10. The highest BCUT2D eigenvalue weighted by Gasteiger charge is 2.04. The molecule has 62 valence electrons. The number of aryl methyl sites for hydroxylation is 2. The summed E-state index contributed by atoms with van der Waals surface area (Å²) in [5.74, 6) is 1.57. The van der Waals surface area contributed by atoms with Crippen molar-refractivity contribution >= 4 is 11.3 Å². The van der Waals surface area contributed by atoms with Crippen LogP contribution in [0.25, 0.3) is 11.3 Å². The van der Waals surface area contributed by atoms with Crippen LogP contribution in [0.1, 0.15) is 10.8 Å². The van der Waals surface area contributed by atoms with E-state index in [4.69, 9.17) is 4.42 Å².